The zero-order valence-electron chi connectivity index (χ0n) is 9.24. The summed E-state index contributed by atoms with van der Waals surface area (Å²) in [5.74, 6) is 0. The second kappa shape index (κ2) is 4.78. The molecule has 2 N–H and O–H groups in total. The number of hydrogen-bond acceptors (Lipinski definition) is 2. The summed E-state index contributed by atoms with van der Waals surface area (Å²) in [5.41, 5.74) is 7.71. The van der Waals surface area contributed by atoms with Gasteiger partial charge in [-0.2, -0.15) is 0 Å². The molecule has 0 aliphatic carbocycles. The molecule has 0 atom stereocenters. The van der Waals surface area contributed by atoms with E-state index < -0.39 is 0 Å². The minimum Gasteiger partial charge on any atom is -0.399 e. The van der Waals surface area contributed by atoms with Crippen LogP contribution in [-0.4, -0.2) is 17.5 Å². The quantitative estimate of drug-likeness (QED) is 0.654. The van der Waals surface area contributed by atoms with Gasteiger partial charge in [0.15, 0.2) is 0 Å². The van der Waals surface area contributed by atoms with Crippen LogP contribution in [0.2, 0.25) is 0 Å². The van der Waals surface area contributed by atoms with Crippen LogP contribution in [0.25, 0.3) is 10.9 Å². The zero-order valence-corrected chi connectivity index (χ0v) is 10.1. The van der Waals surface area contributed by atoms with Crippen LogP contribution in [0.3, 0.4) is 0 Å². The lowest BCUT2D eigenvalue weighted by atomic mass is 10.2. The van der Waals surface area contributed by atoms with Gasteiger partial charge in [0, 0.05) is 28.7 Å². The lowest BCUT2D eigenvalue weighted by molar-refractivity contribution is 0.450. The van der Waals surface area contributed by atoms with Gasteiger partial charge in [-0.25, -0.2) is 0 Å². The van der Waals surface area contributed by atoms with Crippen molar-refractivity contribution in [2.45, 2.75) is 17.9 Å². The second-order valence-electron chi connectivity index (χ2n) is 3.71. The maximum Gasteiger partial charge on any atom is 0.0911 e. The number of fused-ring (bicyclic) bond motifs is 1. The number of benzene rings is 1. The normalized spacial score (nSPS) is 11.1. The first kappa shape index (κ1) is 11.3. The molecule has 0 spiro atoms. The van der Waals surface area contributed by atoms with Gasteiger partial charge in [-0.15, -0.1) is 11.8 Å². The molecule has 0 aliphatic heterocycles. The maximum atomic E-state index is 12.2. The highest BCUT2D eigenvalue weighted by Crippen LogP contribution is 2.30. The molecular formula is C12H15FN2S. The SMILES string of the molecule is CSc1cc(N)cc2c1ccn2CCCF. The largest absolute Gasteiger partial charge is 0.399 e. The monoisotopic (exact) mass is 238 g/mol. The Morgan fingerprint density at radius 1 is 1.44 bits per heavy atom. The van der Waals surface area contributed by atoms with Gasteiger partial charge in [0.25, 0.3) is 0 Å². The summed E-state index contributed by atoms with van der Waals surface area (Å²) < 4.78 is 14.2. The van der Waals surface area contributed by atoms with Crippen molar-refractivity contribution in [3.63, 3.8) is 0 Å². The Labute approximate surface area is 98.6 Å². The number of rotatable bonds is 4. The number of aryl methyl sites for hydroxylation is 1. The van der Waals surface area contributed by atoms with Crippen LogP contribution >= 0.6 is 11.8 Å². The Balaban J connectivity index is 2.49. The minimum absolute atomic E-state index is 0.280. The van der Waals surface area contributed by atoms with E-state index in [4.69, 9.17) is 5.73 Å². The third kappa shape index (κ3) is 2.02. The van der Waals surface area contributed by atoms with Crippen molar-refractivity contribution >= 4 is 28.4 Å². The first-order valence-electron chi connectivity index (χ1n) is 5.24. The number of nitrogens with zero attached hydrogens (tertiary/aromatic N) is 1. The Bertz CT molecular complexity index is 493. The van der Waals surface area contributed by atoms with Crippen molar-refractivity contribution in [2.24, 2.45) is 0 Å². The topological polar surface area (TPSA) is 30.9 Å². The molecule has 0 unspecified atom stereocenters. The van der Waals surface area contributed by atoms with E-state index >= 15 is 0 Å². The van der Waals surface area contributed by atoms with E-state index in [1.165, 1.54) is 10.3 Å². The van der Waals surface area contributed by atoms with Gasteiger partial charge in [0.1, 0.15) is 0 Å². The average molecular weight is 238 g/mol. The summed E-state index contributed by atoms with van der Waals surface area (Å²) in [6.07, 6.45) is 4.58. The highest BCUT2D eigenvalue weighted by atomic mass is 32.2. The molecule has 16 heavy (non-hydrogen) atoms. The van der Waals surface area contributed by atoms with Crippen molar-refractivity contribution < 1.29 is 4.39 Å². The van der Waals surface area contributed by atoms with E-state index in [0.717, 1.165) is 11.2 Å². The summed E-state index contributed by atoms with van der Waals surface area (Å²) in [6.45, 7) is 0.425. The number of thioether (sulfide) groups is 1. The van der Waals surface area contributed by atoms with Gasteiger partial charge in [0.2, 0.25) is 0 Å². The van der Waals surface area contributed by atoms with Gasteiger partial charge in [-0.1, -0.05) is 0 Å². The molecular weight excluding hydrogens is 223 g/mol. The lowest BCUT2D eigenvalue weighted by Crippen LogP contribution is -1.97. The average Bonchev–Trinajstić information content (AvgIpc) is 2.68. The van der Waals surface area contributed by atoms with Gasteiger partial charge in [-0.3, -0.25) is 4.39 Å². The molecule has 0 fully saturated rings. The van der Waals surface area contributed by atoms with E-state index in [1.807, 2.05) is 24.6 Å². The van der Waals surface area contributed by atoms with E-state index in [2.05, 4.69) is 10.6 Å². The van der Waals surface area contributed by atoms with Crippen molar-refractivity contribution in [3.05, 3.63) is 24.4 Å². The van der Waals surface area contributed by atoms with Crippen LogP contribution in [0, 0.1) is 0 Å². The summed E-state index contributed by atoms with van der Waals surface area (Å²) in [7, 11) is 0. The summed E-state index contributed by atoms with van der Waals surface area (Å²) in [5, 5.41) is 1.19. The maximum absolute atomic E-state index is 12.2. The molecule has 0 aliphatic rings. The molecule has 1 aromatic heterocycles. The Morgan fingerprint density at radius 2 is 2.25 bits per heavy atom. The van der Waals surface area contributed by atoms with E-state index in [9.17, 15) is 4.39 Å². The molecule has 0 bridgehead atoms. The van der Waals surface area contributed by atoms with E-state index in [1.54, 1.807) is 11.8 Å². The molecule has 0 radical (unpaired) electrons. The molecule has 2 nitrogen and oxygen atoms in total. The fourth-order valence-electron chi connectivity index (χ4n) is 1.88. The number of hydrogen-bond donors (Lipinski definition) is 1. The van der Waals surface area contributed by atoms with Crippen LogP contribution < -0.4 is 5.73 Å². The third-order valence-electron chi connectivity index (χ3n) is 2.63. The van der Waals surface area contributed by atoms with Crippen LogP contribution in [0.4, 0.5) is 10.1 Å². The van der Waals surface area contributed by atoms with Crippen molar-refractivity contribution in [3.8, 4) is 0 Å². The van der Waals surface area contributed by atoms with Crippen LogP contribution in [0.5, 0.6) is 0 Å². The Kier molecular flexibility index (Phi) is 3.39. The standard InChI is InChI=1S/C12H15FN2S/c1-16-12-8-9(14)7-11-10(12)3-6-15(11)5-2-4-13/h3,6-8H,2,4-5,14H2,1H3. The van der Waals surface area contributed by atoms with Gasteiger partial charge < -0.3 is 10.3 Å². The Morgan fingerprint density at radius 3 is 2.94 bits per heavy atom. The van der Waals surface area contributed by atoms with Crippen molar-refractivity contribution in [2.75, 3.05) is 18.7 Å². The van der Waals surface area contributed by atoms with Crippen LogP contribution in [-0.2, 0) is 6.54 Å². The molecule has 0 saturated heterocycles. The summed E-state index contributed by atoms with van der Waals surface area (Å²) in [4.78, 5) is 1.17. The van der Waals surface area contributed by atoms with Crippen LogP contribution in [0.15, 0.2) is 29.3 Å². The van der Waals surface area contributed by atoms with Crippen LogP contribution in [0.1, 0.15) is 6.42 Å². The fourth-order valence-corrected chi connectivity index (χ4v) is 2.52. The molecule has 2 aromatic rings. The number of halogens is 1. The number of aromatic nitrogens is 1. The molecule has 1 heterocycles. The molecule has 86 valence electrons. The zero-order chi connectivity index (χ0) is 11.5. The number of alkyl halides is 1. The minimum atomic E-state index is -0.280. The predicted octanol–water partition coefficient (Wildman–Crippen LogP) is 3.31. The molecule has 1 aromatic carbocycles. The Hall–Kier alpha value is -1.16. The van der Waals surface area contributed by atoms with Gasteiger partial charge >= 0.3 is 0 Å². The molecule has 2 rings (SSSR count). The highest BCUT2D eigenvalue weighted by Gasteiger charge is 2.06. The smallest absolute Gasteiger partial charge is 0.0911 e. The van der Waals surface area contributed by atoms with Gasteiger partial charge in [0.05, 0.1) is 12.2 Å². The molecule has 0 saturated carbocycles. The third-order valence-corrected chi connectivity index (χ3v) is 3.40. The molecule has 4 heteroatoms. The van der Waals surface area contributed by atoms with Crippen molar-refractivity contribution in [1.82, 2.24) is 4.57 Å². The first-order chi connectivity index (χ1) is 7.76. The fraction of sp³-hybridized carbons (Fsp3) is 0.333. The number of anilines is 1. The highest BCUT2D eigenvalue weighted by molar-refractivity contribution is 7.98. The second-order valence-corrected chi connectivity index (χ2v) is 4.56. The van der Waals surface area contributed by atoms with E-state index in [0.29, 0.717) is 13.0 Å². The molecule has 0 amide bonds. The number of nitrogens with two attached hydrogens (primary N) is 1. The predicted molar refractivity (Wildman–Crippen MR) is 68.7 cm³/mol. The first-order valence-corrected chi connectivity index (χ1v) is 6.47. The van der Waals surface area contributed by atoms with Gasteiger partial charge in [-0.05, 0) is 30.9 Å². The summed E-state index contributed by atoms with van der Waals surface area (Å²) >= 11 is 1.68. The lowest BCUT2D eigenvalue weighted by Gasteiger charge is -2.06. The number of nitrogen functional groups attached to an aromatic ring is 1. The van der Waals surface area contributed by atoms with Crippen molar-refractivity contribution in [1.29, 1.82) is 0 Å². The summed E-state index contributed by atoms with van der Waals surface area (Å²) in [6, 6.07) is 6.00. The van der Waals surface area contributed by atoms with E-state index in [-0.39, 0.29) is 6.67 Å².